The van der Waals surface area contributed by atoms with Crippen LogP contribution in [0.5, 0.6) is 0 Å². The van der Waals surface area contributed by atoms with Crippen molar-refractivity contribution >= 4 is 11.3 Å². The summed E-state index contributed by atoms with van der Waals surface area (Å²) in [6.45, 7) is 0.0739. The minimum atomic E-state index is 0.0739. The minimum absolute atomic E-state index is 0.0739. The number of hydrogen-bond acceptors (Lipinski definition) is 3. The molecule has 1 heterocycles. The van der Waals surface area contributed by atoms with E-state index in [1.165, 1.54) is 11.3 Å². The molecule has 13 heavy (non-hydrogen) atoms. The first-order valence-electron chi connectivity index (χ1n) is 4.01. The van der Waals surface area contributed by atoms with Gasteiger partial charge in [-0.15, -0.1) is 11.3 Å². The van der Waals surface area contributed by atoms with Crippen molar-refractivity contribution in [3.8, 4) is 10.6 Å². The summed E-state index contributed by atoms with van der Waals surface area (Å²) < 4.78 is 0. The van der Waals surface area contributed by atoms with E-state index in [1.807, 2.05) is 30.3 Å². The van der Waals surface area contributed by atoms with Gasteiger partial charge in [-0.2, -0.15) is 0 Å². The highest BCUT2D eigenvalue weighted by Crippen LogP contribution is 2.24. The van der Waals surface area contributed by atoms with Gasteiger partial charge in [-0.3, -0.25) is 0 Å². The number of hydrogen-bond donors (Lipinski definition) is 1. The molecule has 1 N–H and O–H groups in total. The molecule has 1 aromatic heterocycles. The van der Waals surface area contributed by atoms with Crippen LogP contribution < -0.4 is 0 Å². The molecule has 0 aliphatic rings. The molecule has 0 radical (unpaired) electrons. The Labute approximate surface area is 80.5 Å². The normalized spacial score (nSPS) is 10.2. The number of nitrogens with zero attached hydrogens (tertiary/aromatic N) is 1. The zero-order valence-electron chi connectivity index (χ0n) is 6.97. The first-order valence-corrected chi connectivity index (χ1v) is 4.83. The van der Waals surface area contributed by atoms with Gasteiger partial charge in [-0.1, -0.05) is 30.3 Å². The Morgan fingerprint density at radius 2 is 2.00 bits per heavy atom. The monoisotopic (exact) mass is 191 g/mol. The molecule has 0 spiro atoms. The molecule has 0 amide bonds. The lowest BCUT2D eigenvalue weighted by Crippen LogP contribution is -1.71. The van der Waals surface area contributed by atoms with Gasteiger partial charge in [0, 0.05) is 11.8 Å². The summed E-state index contributed by atoms with van der Waals surface area (Å²) in [5, 5.41) is 9.83. The zero-order valence-corrected chi connectivity index (χ0v) is 7.79. The highest BCUT2D eigenvalue weighted by Gasteiger charge is 2.02. The second kappa shape index (κ2) is 3.68. The van der Waals surface area contributed by atoms with Crippen LogP contribution in [0.25, 0.3) is 10.6 Å². The largest absolute Gasteiger partial charge is 0.391 e. The van der Waals surface area contributed by atoms with Crippen LogP contribution in [-0.4, -0.2) is 10.1 Å². The van der Waals surface area contributed by atoms with Crippen molar-refractivity contribution in [2.45, 2.75) is 6.61 Å². The Kier molecular flexibility index (Phi) is 2.38. The smallest absolute Gasteiger partial charge is 0.123 e. The SMILES string of the molecule is OCc1cnc(-c2ccccc2)s1. The van der Waals surface area contributed by atoms with E-state index in [2.05, 4.69) is 4.98 Å². The molecule has 0 bridgehead atoms. The Morgan fingerprint density at radius 3 is 2.62 bits per heavy atom. The lowest BCUT2D eigenvalue weighted by molar-refractivity contribution is 0.285. The molecular formula is C10H9NOS. The predicted molar refractivity (Wildman–Crippen MR) is 53.5 cm³/mol. The molecule has 0 atom stereocenters. The van der Waals surface area contributed by atoms with Crippen LogP contribution in [0.4, 0.5) is 0 Å². The van der Waals surface area contributed by atoms with E-state index in [-0.39, 0.29) is 6.61 Å². The number of aliphatic hydroxyl groups is 1. The van der Waals surface area contributed by atoms with E-state index in [0.717, 1.165) is 15.4 Å². The van der Waals surface area contributed by atoms with Crippen molar-refractivity contribution in [1.82, 2.24) is 4.98 Å². The standard InChI is InChI=1S/C10H9NOS/c12-7-9-6-11-10(13-9)8-4-2-1-3-5-8/h1-6,12H,7H2. The number of aromatic nitrogens is 1. The molecule has 0 aliphatic carbocycles. The predicted octanol–water partition coefficient (Wildman–Crippen LogP) is 2.30. The summed E-state index contributed by atoms with van der Waals surface area (Å²) in [4.78, 5) is 5.12. The molecule has 2 rings (SSSR count). The minimum Gasteiger partial charge on any atom is -0.391 e. The van der Waals surface area contributed by atoms with Gasteiger partial charge >= 0.3 is 0 Å². The Hall–Kier alpha value is -1.19. The second-order valence-corrected chi connectivity index (χ2v) is 3.77. The fourth-order valence-electron chi connectivity index (χ4n) is 1.09. The maximum atomic E-state index is 8.87. The van der Waals surface area contributed by atoms with E-state index in [0.29, 0.717) is 0 Å². The van der Waals surface area contributed by atoms with Crippen molar-refractivity contribution in [3.63, 3.8) is 0 Å². The molecule has 0 aliphatic heterocycles. The molecule has 1 aromatic carbocycles. The number of rotatable bonds is 2. The van der Waals surface area contributed by atoms with Gasteiger partial charge in [0.2, 0.25) is 0 Å². The average Bonchev–Trinajstić information content (AvgIpc) is 2.67. The fraction of sp³-hybridized carbons (Fsp3) is 0.100. The highest BCUT2D eigenvalue weighted by molar-refractivity contribution is 7.15. The molecule has 2 nitrogen and oxygen atoms in total. The molecule has 0 fully saturated rings. The van der Waals surface area contributed by atoms with Gasteiger partial charge in [0.05, 0.1) is 11.5 Å². The Balaban J connectivity index is 2.36. The van der Waals surface area contributed by atoms with Gasteiger partial charge in [-0.25, -0.2) is 4.98 Å². The van der Waals surface area contributed by atoms with Crippen LogP contribution in [0.3, 0.4) is 0 Å². The molecular weight excluding hydrogens is 182 g/mol. The topological polar surface area (TPSA) is 33.1 Å². The fourth-order valence-corrected chi connectivity index (χ4v) is 1.87. The summed E-state index contributed by atoms with van der Waals surface area (Å²) in [6.07, 6.45) is 1.72. The maximum absolute atomic E-state index is 8.87. The number of aliphatic hydroxyl groups excluding tert-OH is 1. The maximum Gasteiger partial charge on any atom is 0.123 e. The third-order valence-corrected chi connectivity index (χ3v) is 2.76. The summed E-state index contributed by atoms with van der Waals surface area (Å²) in [5.74, 6) is 0. The average molecular weight is 191 g/mol. The van der Waals surface area contributed by atoms with E-state index in [9.17, 15) is 0 Å². The van der Waals surface area contributed by atoms with Crippen LogP contribution in [-0.2, 0) is 6.61 Å². The van der Waals surface area contributed by atoms with Crippen LogP contribution in [0, 0.1) is 0 Å². The van der Waals surface area contributed by atoms with Gasteiger partial charge in [0.1, 0.15) is 5.01 Å². The molecule has 66 valence electrons. The molecule has 0 unspecified atom stereocenters. The quantitative estimate of drug-likeness (QED) is 0.790. The first kappa shape index (κ1) is 8.41. The van der Waals surface area contributed by atoms with Gasteiger partial charge < -0.3 is 5.11 Å². The number of thiazole rings is 1. The highest BCUT2D eigenvalue weighted by atomic mass is 32.1. The first-order chi connectivity index (χ1) is 6.40. The summed E-state index contributed by atoms with van der Waals surface area (Å²) in [5.41, 5.74) is 1.10. The van der Waals surface area contributed by atoms with Gasteiger partial charge in [0.25, 0.3) is 0 Å². The van der Waals surface area contributed by atoms with Crippen molar-refractivity contribution in [2.75, 3.05) is 0 Å². The van der Waals surface area contributed by atoms with E-state index < -0.39 is 0 Å². The van der Waals surface area contributed by atoms with Crippen molar-refractivity contribution in [2.24, 2.45) is 0 Å². The third kappa shape index (κ3) is 1.76. The van der Waals surface area contributed by atoms with E-state index in [4.69, 9.17) is 5.11 Å². The van der Waals surface area contributed by atoms with Crippen molar-refractivity contribution < 1.29 is 5.11 Å². The summed E-state index contributed by atoms with van der Waals surface area (Å²) in [6, 6.07) is 9.97. The van der Waals surface area contributed by atoms with E-state index >= 15 is 0 Å². The van der Waals surface area contributed by atoms with Gasteiger partial charge in [0.15, 0.2) is 0 Å². The molecule has 2 aromatic rings. The lowest BCUT2D eigenvalue weighted by Gasteiger charge is -1.92. The molecule has 0 saturated carbocycles. The summed E-state index contributed by atoms with van der Waals surface area (Å²) in [7, 11) is 0. The molecule has 0 saturated heterocycles. The number of benzene rings is 1. The Bertz CT molecular complexity index is 383. The van der Waals surface area contributed by atoms with Crippen LogP contribution in [0.2, 0.25) is 0 Å². The second-order valence-electron chi connectivity index (χ2n) is 2.66. The van der Waals surface area contributed by atoms with Crippen LogP contribution >= 0.6 is 11.3 Å². The van der Waals surface area contributed by atoms with Crippen LogP contribution in [0.15, 0.2) is 36.5 Å². The Morgan fingerprint density at radius 1 is 1.23 bits per heavy atom. The molecule has 3 heteroatoms. The third-order valence-electron chi connectivity index (χ3n) is 1.73. The zero-order chi connectivity index (χ0) is 9.10. The lowest BCUT2D eigenvalue weighted by atomic mass is 10.2. The van der Waals surface area contributed by atoms with Crippen molar-refractivity contribution in [1.29, 1.82) is 0 Å². The van der Waals surface area contributed by atoms with Crippen LogP contribution in [0.1, 0.15) is 4.88 Å². The summed E-state index contributed by atoms with van der Waals surface area (Å²) >= 11 is 1.52. The van der Waals surface area contributed by atoms with E-state index in [1.54, 1.807) is 6.20 Å². The van der Waals surface area contributed by atoms with Crippen molar-refractivity contribution in [3.05, 3.63) is 41.4 Å². The van der Waals surface area contributed by atoms with Gasteiger partial charge in [-0.05, 0) is 0 Å².